The largest absolute Gasteiger partial charge is 0.378 e. The fourth-order valence-corrected chi connectivity index (χ4v) is 5.77. The third-order valence-corrected chi connectivity index (χ3v) is 7.75. The minimum atomic E-state index is -3.75. The number of rotatable bonds is 7. The molecule has 7 nitrogen and oxygen atoms in total. The molecule has 0 bridgehead atoms. The molecule has 4 rings (SSSR count). The van der Waals surface area contributed by atoms with Gasteiger partial charge < -0.3 is 9.80 Å². The average Bonchev–Trinajstić information content (AvgIpc) is 3.35. The molecule has 1 N–H and O–H groups in total. The SMILES string of the molecule is Cc1cc(C)c(N2CCCC2)c(C)c1NS(=O)(=O)c1ccc(/N=N/c2ccc(N(C)C)cc2)cc1. The van der Waals surface area contributed by atoms with Crippen LogP contribution in [-0.4, -0.2) is 35.6 Å². The predicted molar refractivity (Wildman–Crippen MR) is 144 cm³/mol. The van der Waals surface area contributed by atoms with Crippen LogP contribution in [0.3, 0.4) is 0 Å². The van der Waals surface area contributed by atoms with Crippen LogP contribution in [-0.2, 0) is 10.0 Å². The van der Waals surface area contributed by atoms with Crippen LogP contribution in [0.4, 0.5) is 28.4 Å². The van der Waals surface area contributed by atoms with Gasteiger partial charge in [0.05, 0.1) is 22.0 Å². The number of benzene rings is 3. The van der Waals surface area contributed by atoms with Crippen LogP contribution in [0.5, 0.6) is 0 Å². The first-order valence-corrected chi connectivity index (χ1v) is 13.3. The Labute approximate surface area is 208 Å². The molecule has 0 atom stereocenters. The zero-order chi connectivity index (χ0) is 25.2. The summed E-state index contributed by atoms with van der Waals surface area (Å²) in [4.78, 5) is 4.56. The summed E-state index contributed by atoms with van der Waals surface area (Å²) in [5.74, 6) is 0. The highest BCUT2D eigenvalue weighted by Crippen LogP contribution is 2.36. The second-order valence-corrected chi connectivity index (χ2v) is 10.9. The molecule has 184 valence electrons. The predicted octanol–water partition coefficient (Wildman–Crippen LogP) is 6.49. The van der Waals surface area contributed by atoms with Crippen molar-refractivity contribution in [3.8, 4) is 0 Å². The van der Waals surface area contributed by atoms with Crippen LogP contribution < -0.4 is 14.5 Å². The number of nitrogens with one attached hydrogen (secondary N) is 1. The van der Waals surface area contributed by atoms with E-state index in [4.69, 9.17) is 0 Å². The summed E-state index contributed by atoms with van der Waals surface area (Å²) in [7, 11) is 0.208. The fourth-order valence-electron chi connectivity index (χ4n) is 4.58. The van der Waals surface area contributed by atoms with E-state index in [1.54, 1.807) is 24.3 Å². The topological polar surface area (TPSA) is 77.4 Å². The van der Waals surface area contributed by atoms with E-state index in [1.165, 1.54) is 18.4 Å². The summed E-state index contributed by atoms with van der Waals surface area (Å²) in [6, 6.07) is 16.2. The molecular formula is C27H33N5O2S. The smallest absolute Gasteiger partial charge is 0.261 e. The molecule has 0 unspecified atom stereocenters. The van der Waals surface area contributed by atoms with Gasteiger partial charge in [0.1, 0.15) is 0 Å². The lowest BCUT2D eigenvalue weighted by atomic mass is 10.0. The maximum Gasteiger partial charge on any atom is 0.261 e. The van der Waals surface area contributed by atoms with Gasteiger partial charge in [-0.3, -0.25) is 4.72 Å². The van der Waals surface area contributed by atoms with Gasteiger partial charge in [0, 0.05) is 38.6 Å². The fraction of sp³-hybridized carbons (Fsp3) is 0.333. The summed E-state index contributed by atoms with van der Waals surface area (Å²) in [6.07, 6.45) is 2.33. The summed E-state index contributed by atoms with van der Waals surface area (Å²) in [5, 5.41) is 8.49. The Morgan fingerprint density at radius 1 is 0.829 bits per heavy atom. The van der Waals surface area contributed by atoms with Crippen molar-refractivity contribution in [1.29, 1.82) is 0 Å². The van der Waals surface area contributed by atoms with E-state index in [1.807, 2.05) is 57.1 Å². The maximum absolute atomic E-state index is 13.2. The van der Waals surface area contributed by atoms with Crippen LogP contribution in [0.2, 0.25) is 0 Å². The van der Waals surface area contributed by atoms with Crippen molar-refractivity contribution < 1.29 is 8.42 Å². The quantitative estimate of drug-likeness (QED) is 0.383. The number of nitrogens with zero attached hydrogens (tertiary/aromatic N) is 4. The van der Waals surface area contributed by atoms with E-state index in [9.17, 15) is 8.42 Å². The minimum absolute atomic E-state index is 0.189. The number of hydrogen-bond donors (Lipinski definition) is 1. The highest BCUT2D eigenvalue weighted by molar-refractivity contribution is 7.92. The Hall–Kier alpha value is -3.39. The van der Waals surface area contributed by atoms with Crippen molar-refractivity contribution in [1.82, 2.24) is 0 Å². The van der Waals surface area contributed by atoms with E-state index in [2.05, 4.69) is 32.8 Å². The van der Waals surface area contributed by atoms with Gasteiger partial charge in [-0.25, -0.2) is 8.42 Å². The molecule has 1 heterocycles. The Balaban J connectivity index is 1.53. The van der Waals surface area contributed by atoms with Gasteiger partial charge in [-0.05, 0) is 98.8 Å². The molecule has 0 radical (unpaired) electrons. The number of sulfonamides is 1. The molecule has 0 amide bonds. The summed E-state index contributed by atoms with van der Waals surface area (Å²) < 4.78 is 29.3. The molecule has 3 aromatic rings. The van der Waals surface area contributed by atoms with Crippen LogP contribution in [0.1, 0.15) is 29.5 Å². The Bertz CT molecular complexity index is 1330. The number of aryl methyl sites for hydroxylation is 2. The van der Waals surface area contributed by atoms with Crippen molar-refractivity contribution >= 4 is 38.5 Å². The highest BCUT2D eigenvalue weighted by Gasteiger charge is 2.23. The lowest BCUT2D eigenvalue weighted by Gasteiger charge is -2.26. The number of azo groups is 1. The maximum atomic E-state index is 13.2. The lowest BCUT2D eigenvalue weighted by Crippen LogP contribution is -2.22. The third-order valence-electron chi connectivity index (χ3n) is 6.38. The van der Waals surface area contributed by atoms with Crippen LogP contribution in [0.25, 0.3) is 0 Å². The minimum Gasteiger partial charge on any atom is -0.378 e. The number of hydrogen-bond acceptors (Lipinski definition) is 6. The Morgan fingerprint density at radius 2 is 1.37 bits per heavy atom. The first-order chi connectivity index (χ1) is 16.7. The van der Waals surface area contributed by atoms with Crippen molar-refractivity contribution in [2.45, 2.75) is 38.5 Å². The molecule has 1 aliphatic rings. The summed E-state index contributed by atoms with van der Waals surface area (Å²) >= 11 is 0. The zero-order valence-electron chi connectivity index (χ0n) is 21.0. The van der Waals surface area contributed by atoms with Gasteiger partial charge in [-0.1, -0.05) is 6.07 Å². The van der Waals surface area contributed by atoms with Crippen LogP contribution in [0.15, 0.2) is 69.7 Å². The van der Waals surface area contributed by atoms with Gasteiger partial charge in [-0.15, -0.1) is 0 Å². The monoisotopic (exact) mass is 491 g/mol. The second-order valence-electron chi connectivity index (χ2n) is 9.26. The van der Waals surface area contributed by atoms with Crippen LogP contribution >= 0.6 is 0 Å². The van der Waals surface area contributed by atoms with Gasteiger partial charge in [0.25, 0.3) is 10.0 Å². The van der Waals surface area contributed by atoms with Gasteiger partial charge in [0.15, 0.2) is 0 Å². The zero-order valence-corrected chi connectivity index (χ0v) is 21.9. The Kier molecular flexibility index (Phi) is 7.12. The van der Waals surface area contributed by atoms with E-state index >= 15 is 0 Å². The highest BCUT2D eigenvalue weighted by atomic mass is 32.2. The Morgan fingerprint density at radius 3 is 1.91 bits per heavy atom. The first kappa shape index (κ1) is 24.7. The normalized spacial score (nSPS) is 14.0. The summed E-state index contributed by atoms with van der Waals surface area (Å²) in [5.41, 5.74) is 7.25. The van der Waals surface area contributed by atoms with Crippen molar-refractivity contribution in [3.05, 3.63) is 71.3 Å². The molecule has 3 aromatic carbocycles. The molecule has 35 heavy (non-hydrogen) atoms. The van der Waals surface area contributed by atoms with Gasteiger partial charge in [0.2, 0.25) is 0 Å². The van der Waals surface area contributed by atoms with Crippen molar-refractivity contribution in [2.75, 3.05) is 41.7 Å². The molecule has 1 fully saturated rings. The molecular weight excluding hydrogens is 458 g/mol. The van der Waals surface area contributed by atoms with Crippen molar-refractivity contribution in [2.24, 2.45) is 10.2 Å². The second kappa shape index (κ2) is 10.1. The third kappa shape index (κ3) is 5.48. The lowest BCUT2D eigenvalue weighted by molar-refractivity contribution is 0.601. The van der Waals surface area contributed by atoms with Crippen LogP contribution in [0, 0.1) is 20.8 Å². The van der Waals surface area contributed by atoms with Gasteiger partial charge in [-0.2, -0.15) is 10.2 Å². The molecule has 1 saturated heterocycles. The molecule has 0 spiro atoms. The van der Waals surface area contributed by atoms with E-state index < -0.39 is 10.0 Å². The molecule has 0 saturated carbocycles. The van der Waals surface area contributed by atoms with E-state index in [-0.39, 0.29) is 4.90 Å². The first-order valence-electron chi connectivity index (χ1n) is 11.8. The van der Waals surface area contributed by atoms with Gasteiger partial charge >= 0.3 is 0 Å². The molecule has 1 aliphatic heterocycles. The molecule has 8 heteroatoms. The average molecular weight is 492 g/mol. The molecule has 0 aromatic heterocycles. The number of anilines is 3. The molecule has 0 aliphatic carbocycles. The van der Waals surface area contributed by atoms with E-state index in [0.717, 1.165) is 41.3 Å². The van der Waals surface area contributed by atoms with E-state index in [0.29, 0.717) is 11.4 Å². The van der Waals surface area contributed by atoms with Crippen molar-refractivity contribution in [3.63, 3.8) is 0 Å². The standard InChI is InChI=1S/C27H33N5O2S/c1-19-18-20(2)27(32-16-6-7-17-32)21(3)26(19)30-35(33,34)25-14-10-23(11-15-25)29-28-22-8-12-24(13-9-22)31(4)5/h8-15,18,30H,6-7,16-17H2,1-5H3/b29-28+. The summed E-state index contributed by atoms with van der Waals surface area (Å²) in [6.45, 7) is 8.05.